The average molecular weight is 237 g/mol. The number of hydrogen-bond acceptors (Lipinski definition) is 5. The van der Waals surface area contributed by atoms with E-state index in [9.17, 15) is 9.59 Å². The molecule has 1 rings (SSSR count). The van der Waals surface area contributed by atoms with Crippen molar-refractivity contribution in [1.29, 1.82) is 0 Å². The van der Waals surface area contributed by atoms with Crippen molar-refractivity contribution >= 4 is 23.3 Å². The molecule has 5 N–H and O–H groups in total. The molecule has 0 fully saturated rings. The van der Waals surface area contributed by atoms with E-state index in [0.29, 0.717) is 16.9 Å². The Bertz CT molecular complexity index is 432. The smallest absolute Gasteiger partial charge is 0.337 e. The van der Waals surface area contributed by atoms with Crippen LogP contribution in [0.5, 0.6) is 0 Å². The van der Waals surface area contributed by atoms with Crippen LogP contribution in [0.2, 0.25) is 0 Å². The van der Waals surface area contributed by atoms with E-state index in [1.165, 1.54) is 25.3 Å². The molecule has 0 aliphatic carbocycles. The van der Waals surface area contributed by atoms with Crippen LogP contribution >= 0.6 is 0 Å². The van der Waals surface area contributed by atoms with Crippen molar-refractivity contribution in [2.75, 3.05) is 24.7 Å². The third kappa shape index (κ3) is 3.46. The molecule has 6 nitrogen and oxygen atoms in total. The van der Waals surface area contributed by atoms with Crippen LogP contribution in [0, 0.1) is 0 Å². The zero-order chi connectivity index (χ0) is 12.8. The number of carbonyl (C=O) groups is 2. The fraction of sp³-hybridized carbons (Fsp3) is 0.273. The molecule has 0 bridgehead atoms. The zero-order valence-electron chi connectivity index (χ0n) is 9.53. The van der Waals surface area contributed by atoms with E-state index in [2.05, 4.69) is 10.1 Å². The summed E-state index contributed by atoms with van der Waals surface area (Å²) in [6.07, 6.45) is 0.196. The third-order valence-electron chi connectivity index (χ3n) is 2.12. The van der Waals surface area contributed by atoms with Crippen LogP contribution in [0.4, 0.5) is 11.4 Å². The first-order valence-electron chi connectivity index (χ1n) is 5.06. The highest BCUT2D eigenvalue weighted by Crippen LogP contribution is 2.20. The van der Waals surface area contributed by atoms with Gasteiger partial charge in [-0.15, -0.1) is 0 Å². The lowest BCUT2D eigenvalue weighted by atomic mass is 10.1. The van der Waals surface area contributed by atoms with Crippen molar-refractivity contribution in [1.82, 2.24) is 0 Å². The lowest BCUT2D eigenvalue weighted by Crippen LogP contribution is -2.17. The van der Waals surface area contributed by atoms with Crippen LogP contribution in [0.3, 0.4) is 0 Å². The molecule has 0 saturated heterocycles. The second kappa shape index (κ2) is 5.86. The molecule has 0 saturated carbocycles. The van der Waals surface area contributed by atoms with E-state index in [4.69, 9.17) is 11.5 Å². The number of benzene rings is 1. The summed E-state index contributed by atoms with van der Waals surface area (Å²) in [7, 11) is 1.28. The number of carbonyl (C=O) groups excluding carboxylic acids is 2. The van der Waals surface area contributed by atoms with E-state index in [1.54, 1.807) is 0 Å². The lowest BCUT2D eigenvalue weighted by Gasteiger charge is -2.09. The molecule has 6 heteroatoms. The summed E-state index contributed by atoms with van der Waals surface area (Å²) in [5, 5.41) is 2.58. The van der Waals surface area contributed by atoms with Gasteiger partial charge in [-0.05, 0) is 18.2 Å². The number of hydrogen-bond donors (Lipinski definition) is 3. The molecule has 92 valence electrons. The molecule has 0 aliphatic heterocycles. The molecule has 1 amide bonds. The zero-order valence-corrected chi connectivity index (χ0v) is 9.53. The summed E-state index contributed by atoms with van der Waals surface area (Å²) in [4.78, 5) is 22.6. The van der Waals surface area contributed by atoms with Gasteiger partial charge in [0.2, 0.25) is 5.91 Å². The molecule has 0 aliphatic rings. The van der Waals surface area contributed by atoms with Gasteiger partial charge in [0.1, 0.15) is 0 Å². The number of nitrogens with two attached hydrogens (primary N) is 2. The predicted octanol–water partition coefficient (Wildman–Crippen LogP) is 0.343. The number of methoxy groups -OCH3 is 1. The maximum absolute atomic E-state index is 11.4. The van der Waals surface area contributed by atoms with Crippen LogP contribution in [0.1, 0.15) is 16.8 Å². The van der Waals surface area contributed by atoms with E-state index in [-0.39, 0.29) is 18.9 Å². The van der Waals surface area contributed by atoms with Gasteiger partial charge in [-0.2, -0.15) is 0 Å². The predicted molar refractivity (Wildman–Crippen MR) is 64.5 cm³/mol. The minimum atomic E-state index is -0.487. The van der Waals surface area contributed by atoms with E-state index >= 15 is 0 Å². The van der Waals surface area contributed by atoms with Crippen molar-refractivity contribution < 1.29 is 14.3 Å². The number of amides is 1. The third-order valence-corrected chi connectivity index (χ3v) is 2.12. The number of nitrogens with one attached hydrogen (secondary N) is 1. The molecule has 0 aromatic heterocycles. The minimum Gasteiger partial charge on any atom is -0.465 e. The fourth-order valence-corrected chi connectivity index (χ4v) is 1.25. The Hall–Kier alpha value is -2.08. The Morgan fingerprint density at radius 1 is 1.41 bits per heavy atom. The number of nitrogen functional groups attached to an aromatic ring is 1. The normalized spacial score (nSPS) is 9.76. The Labute approximate surface area is 98.9 Å². The van der Waals surface area contributed by atoms with Crippen LogP contribution < -0.4 is 16.8 Å². The van der Waals surface area contributed by atoms with E-state index in [0.717, 1.165) is 0 Å². The standard InChI is InChI=1S/C11H15N3O3/c1-17-11(16)7-2-3-8(13)9(6-7)14-10(15)4-5-12/h2-3,6H,4-5,12-13H2,1H3,(H,14,15). The first-order chi connectivity index (χ1) is 8.08. The van der Waals surface area contributed by atoms with Gasteiger partial charge in [0.25, 0.3) is 0 Å². The highest BCUT2D eigenvalue weighted by molar-refractivity contribution is 5.97. The van der Waals surface area contributed by atoms with Crippen LogP contribution in [-0.4, -0.2) is 25.5 Å². The number of anilines is 2. The highest BCUT2D eigenvalue weighted by Gasteiger charge is 2.10. The summed E-state index contributed by atoms with van der Waals surface area (Å²) in [6.45, 7) is 0.252. The quantitative estimate of drug-likeness (QED) is 0.517. The number of rotatable bonds is 4. The SMILES string of the molecule is COC(=O)c1ccc(N)c(NC(=O)CCN)c1. The number of esters is 1. The number of ether oxygens (including phenoxy) is 1. The van der Waals surface area contributed by atoms with Gasteiger partial charge in [-0.1, -0.05) is 0 Å². The second-order valence-corrected chi connectivity index (χ2v) is 3.38. The summed E-state index contributed by atoms with van der Waals surface area (Å²) >= 11 is 0. The van der Waals surface area contributed by atoms with Crippen molar-refractivity contribution in [3.63, 3.8) is 0 Å². The second-order valence-electron chi connectivity index (χ2n) is 3.38. The van der Waals surface area contributed by atoms with Crippen LogP contribution in [0.15, 0.2) is 18.2 Å². The monoisotopic (exact) mass is 237 g/mol. The van der Waals surface area contributed by atoms with Gasteiger partial charge >= 0.3 is 5.97 Å². The van der Waals surface area contributed by atoms with Gasteiger partial charge in [0.05, 0.1) is 24.0 Å². The van der Waals surface area contributed by atoms with Crippen molar-refractivity contribution in [2.45, 2.75) is 6.42 Å². The Morgan fingerprint density at radius 2 is 2.12 bits per heavy atom. The molecular weight excluding hydrogens is 222 g/mol. The summed E-state index contributed by atoms with van der Waals surface area (Å²) in [5.41, 5.74) is 12.0. The molecule has 0 unspecified atom stereocenters. The van der Waals surface area contributed by atoms with Gasteiger partial charge in [-0.25, -0.2) is 4.79 Å². The summed E-state index contributed by atoms with van der Waals surface area (Å²) in [6, 6.07) is 4.53. The molecule has 17 heavy (non-hydrogen) atoms. The van der Waals surface area contributed by atoms with Crippen LogP contribution in [-0.2, 0) is 9.53 Å². The van der Waals surface area contributed by atoms with Gasteiger partial charge in [-0.3, -0.25) is 4.79 Å². The largest absolute Gasteiger partial charge is 0.465 e. The topological polar surface area (TPSA) is 107 Å². The Morgan fingerprint density at radius 3 is 2.71 bits per heavy atom. The highest BCUT2D eigenvalue weighted by atomic mass is 16.5. The first-order valence-corrected chi connectivity index (χ1v) is 5.06. The molecule has 0 radical (unpaired) electrons. The van der Waals surface area contributed by atoms with E-state index < -0.39 is 5.97 Å². The first kappa shape index (κ1) is 13.0. The molecule has 1 aromatic rings. The van der Waals surface area contributed by atoms with Crippen molar-refractivity contribution in [2.24, 2.45) is 5.73 Å². The summed E-state index contributed by atoms with van der Waals surface area (Å²) in [5.74, 6) is -0.736. The van der Waals surface area contributed by atoms with E-state index in [1.807, 2.05) is 0 Å². The Balaban J connectivity index is 2.90. The van der Waals surface area contributed by atoms with Crippen molar-refractivity contribution in [3.8, 4) is 0 Å². The van der Waals surface area contributed by atoms with Gasteiger partial charge in [0.15, 0.2) is 0 Å². The van der Waals surface area contributed by atoms with Gasteiger partial charge < -0.3 is 21.5 Å². The fourth-order valence-electron chi connectivity index (χ4n) is 1.25. The van der Waals surface area contributed by atoms with Crippen LogP contribution in [0.25, 0.3) is 0 Å². The molecule has 0 spiro atoms. The maximum atomic E-state index is 11.4. The molecular formula is C11H15N3O3. The Kier molecular flexibility index (Phi) is 4.47. The maximum Gasteiger partial charge on any atom is 0.337 e. The van der Waals surface area contributed by atoms with Gasteiger partial charge in [0, 0.05) is 13.0 Å². The average Bonchev–Trinajstić information content (AvgIpc) is 2.31. The molecule has 1 aromatic carbocycles. The molecule has 0 heterocycles. The summed E-state index contributed by atoms with van der Waals surface area (Å²) < 4.78 is 4.57. The lowest BCUT2D eigenvalue weighted by molar-refractivity contribution is -0.116. The van der Waals surface area contributed by atoms with Crippen molar-refractivity contribution in [3.05, 3.63) is 23.8 Å². The molecule has 0 atom stereocenters. The minimum absolute atomic E-state index is 0.196.